The van der Waals surface area contributed by atoms with Gasteiger partial charge in [0.25, 0.3) is 5.91 Å². The number of carbonyl (C=O) groups is 2. The van der Waals surface area contributed by atoms with E-state index >= 15 is 0 Å². The van der Waals surface area contributed by atoms with Crippen molar-refractivity contribution in [1.82, 2.24) is 10.2 Å². The molecular weight excluding hydrogens is 440 g/mol. The third-order valence-corrected chi connectivity index (χ3v) is 6.60. The molecule has 1 aliphatic heterocycles. The van der Waals surface area contributed by atoms with Gasteiger partial charge in [-0.25, -0.2) is 0 Å². The average Bonchev–Trinajstić information content (AvgIpc) is 2.93. The second kappa shape index (κ2) is 11.6. The zero-order chi connectivity index (χ0) is 24.6. The first-order valence-electron chi connectivity index (χ1n) is 12.0. The Morgan fingerprint density at radius 3 is 2.31 bits per heavy atom. The van der Waals surface area contributed by atoms with Crippen molar-refractivity contribution in [3.63, 3.8) is 0 Å². The second-order valence-corrected chi connectivity index (χ2v) is 8.83. The van der Waals surface area contributed by atoms with Gasteiger partial charge in [0.15, 0.2) is 0 Å². The molecule has 3 aromatic carbocycles. The number of nitrogens with zero attached hydrogens (tertiary/aromatic N) is 1. The summed E-state index contributed by atoms with van der Waals surface area (Å²) in [5.41, 5.74) is 2.79. The first-order valence-corrected chi connectivity index (χ1v) is 12.0. The van der Waals surface area contributed by atoms with Gasteiger partial charge in [-0.15, -0.1) is 0 Å². The monoisotopic (exact) mass is 472 g/mol. The quantitative estimate of drug-likeness (QED) is 0.531. The number of likely N-dealkylation sites (tertiary alicyclic amines) is 1. The maximum atomic E-state index is 13.4. The molecule has 2 amide bonds. The lowest BCUT2D eigenvalue weighted by atomic mass is 9.83. The fourth-order valence-corrected chi connectivity index (χ4v) is 4.71. The molecule has 0 radical (unpaired) electrons. The van der Waals surface area contributed by atoms with Crippen molar-refractivity contribution in [2.45, 2.75) is 18.8 Å². The Balaban J connectivity index is 1.46. The van der Waals surface area contributed by atoms with E-state index < -0.39 is 0 Å². The summed E-state index contributed by atoms with van der Waals surface area (Å²) in [4.78, 5) is 28.4. The molecular formula is C29H32N2O4. The third-order valence-electron chi connectivity index (χ3n) is 6.60. The summed E-state index contributed by atoms with van der Waals surface area (Å²) < 4.78 is 10.6. The van der Waals surface area contributed by atoms with Crippen molar-refractivity contribution >= 4 is 11.8 Å². The predicted octanol–water partition coefficient (Wildman–Crippen LogP) is 4.31. The molecule has 0 bridgehead atoms. The van der Waals surface area contributed by atoms with Gasteiger partial charge in [-0.3, -0.25) is 9.59 Å². The Kier molecular flexibility index (Phi) is 8.03. The Morgan fingerprint density at radius 1 is 0.886 bits per heavy atom. The number of carbonyl (C=O) groups excluding carboxylic acids is 2. The minimum absolute atomic E-state index is 0.0203. The molecule has 1 N–H and O–H groups in total. The van der Waals surface area contributed by atoms with Gasteiger partial charge < -0.3 is 19.7 Å². The van der Waals surface area contributed by atoms with Crippen molar-refractivity contribution in [3.05, 3.63) is 95.6 Å². The molecule has 1 fully saturated rings. The van der Waals surface area contributed by atoms with Gasteiger partial charge in [0, 0.05) is 31.1 Å². The zero-order valence-electron chi connectivity index (χ0n) is 20.3. The summed E-state index contributed by atoms with van der Waals surface area (Å²) in [6.45, 7) is 1.49. The van der Waals surface area contributed by atoms with Gasteiger partial charge in [-0.2, -0.15) is 0 Å². The molecule has 2 atom stereocenters. The van der Waals surface area contributed by atoms with Crippen LogP contribution in [0.2, 0.25) is 0 Å². The average molecular weight is 473 g/mol. The molecule has 0 spiro atoms. The number of ether oxygens (including phenoxy) is 2. The number of rotatable bonds is 8. The summed E-state index contributed by atoms with van der Waals surface area (Å²) in [5, 5.41) is 3.09. The fourth-order valence-electron chi connectivity index (χ4n) is 4.71. The van der Waals surface area contributed by atoms with E-state index in [2.05, 4.69) is 17.4 Å². The summed E-state index contributed by atoms with van der Waals surface area (Å²) in [6, 6.07) is 25.1. The molecule has 1 heterocycles. The number of piperidine rings is 1. The SMILES string of the molecule is COc1ccc(C(=O)N2C[C@H](C(=O)NCCc3ccccc3OC)C[C@H](c3ccccc3)C2)cc1. The molecule has 6 heteroatoms. The van der Waals surface area contributed by atoms with E-state index in [9.17, 15) is 9.59 Å². The maximum absolute atomic E-state index is 13.4. The maximum Gasteiger partial charge on any atom is 0.253 e. The predicted molar refractivity (Wildman–Crippen MR) is 136 cm³/mol. The Bertz CT molecular complexity index is 1130. The number of hydrogen-bond acceptors (Lipinski definition) is 4. The van der Waals surface area contributed by atoms with E-state index in [0.29, 0.717) is 43.8 Å². The molecule has 3 aromatic rings. The van der Waals surface area contributed by atoms with E-state index in [0.717, 1.165) is 16.9 Å². The van der Waals surface area contributed by atoms with Crippen molar-refractivity contribution < 1.29 is 19.1 Å². The fraction of sp³-hybridized carbons (Fsp3) is 0.310. The lowest BCUT2D eigenvalue weighted by Crippen LogP contribution is -2.48. The van der Waals surface area contributed by atoms with Crippen molar-refractivity contribution in [3.8, 4) is 11.5 Å². The van der Waals surface area contributed by atoms with Gasteiger partial charge in [0.1, 0.15) is 11.5 Å². The lowest BCUT2D eigenvalue weighted by molar-refractivity contribution is -0.126. The minimum Gasteiger partial charge on any atom is -0.497 e. The number of para-hydroxylation sites is 1. The molecule has 6 nitrogen and oxygen atoms in total. The highest BCUT2D eigenvalue weighted by atomic mass is 16.5. The molecule has 0 aliphatic carbocycles. The van der Waals surface area contributed by atoms with Gasteiger partial charge in [0.2, 0.25) is 5.91 Å². The number of amides is 2. The molecule has 4 rings (SSSR count). The molecule has 35 heavy (non-hydrogen) atoms. The molecule has 1 saturated heterocycles. The van der Waals surface area contributed by atoms with Crippen molar-refractivity contribution in [1.29, 1.82) is 0 Å². The zero-order valence-corrected chi connectivity index (χ0v) is 20.3. The van der Waals surface area contributed by atoms with Gasteiger partial charge in [-0.1, -0.05) is 48.5 Å². The van der Waals surface area contributed by atoms with E-state index in [1.165, 1.54) is 0 Å². The van der Waals surface area contributed by atoms with Gasteiger partial charge in [-0.05, 0) is 54.3 Å². The summed E-state index contributed by atoms with van der Waals surface area (Å²) in [5.74, 6) is 1.24. The van der Waals surface area contributed by atoms with Crippen LogP contribution in [-0.4, -0.2) is 50.6 Å². The molecule has 0 saturated carbocycles. The van der Waals surface area contributed by atoms with Crippen molar-refractivity contribution in [2.75, 3.05) is 33.9 Å². The van der Waals surface area contributed by atoms with Crippen LogP contribution in [0.4, 0.5) is 0 Å². The van der Waals surface area contributed by atoms with Crippen molar-refractivity contribution in [2.24, 2.45) is 5.92 Å². The van der Waals surface area contributed by atoms with Crippen LogP contribution in [0, 0.1) is 5.92 Å². The first kappa shape index (κ1) is 24.3. The van der Waals surface area contributed by atoms with Gasteiger partial charge >= 0.3 is 0 Å². The van der Waals surface area contributed by atoms with Crippen LogP contribution < -0.4 is 14.8 Å². The van der Waals surface area contributed by atoms with Crippen LogP contribution in [0.3, 0.4) is 0 Å². The van der Waals surface area contributed by atoms with E-state index in [1.807, 2.05) is 47.4 Å². The van der Waals surface area contributed by atoms with Crippen LogP contribution in [-0.2, 0) is 11.2 Å². The number of hydrogen-bond donors (Lipinski definition) is 1. The molecule has 0 unspecified atom stereocenters. The van der Waals surface area contributed by atoms with Crippen LogP contribution >= 0.6 is 0 Å². The Labute approximate surface area is 206 Å². The smallest absolute Gasteiger partial charge is 0.253 e. The van der Waals surface area contributed by atoms with E-state index in [-0.39, 0.29) is 23.7 Å². The van der Waals surface area contributed by atoms with Crippen LogP contribution in [0.15, 0.2) is 78.9 Å². The molecule has 1 aliphatic rings. The standard InChI is InChI=1S/C29H32N2O4/c1-34-26-14-12-23(13-15-26)29(33)31-19-24(21-8-4-3-5-9-21)18-25(20-31)28(32)30-17-16-22-10-6-7-11-27(22)35-2/h3-15,24-25H,16-20H2,1-2H3,(H,30,32)/t24-,25+/m0/s1. The summed E-state index contributed by atoms with van der Waals surface area (Å²) >= 11 is 0. The van der Waals surface area contributed by atoms with Gasteiger partial charge in [0.05, 0.1) is 20.1 Å². The van der Waals surface area contributed by atoms with E-state index in [1.54, 1.807) is 38.5 Å². The normalized spacial score (nSPS) is 17.5. The van der Waals surface area contributed by atoms with Crippen LogP contribution in [0.5, 0.6) is 11.5 Å². The number of methoxy groups -OCH3 is 2. The number of benzene rings is 3. The highest BCUT2D eigenvalue weighted by molar-refractivity contribution is 5.95. The van der Waals surface area contributed by atoms with Crippen LogP contribution in [0.25, 0.3) is 0 Å². The highest BCUT2D eigenvalue weighted by Crippen LogP contribution is 2.31. The molecule has 0 aromatic heterocycles. The number of nitrogens with one attached hydrogen (secondary N) is 1. The Morgan fingerprint density at radius 2 is 1.60 bits per heavy atom. The second-order valence-electron chi connectivity index (χ2n) is 8.83. The highest BCUT2D eigenvalue weighted by Gasteiger charge is 2.34. The largest absolute Gasteiger partial charge is 0.497 e. The first-order chi connectivity index (χ1) is 17.1. The summed E-state index contributed by atoms with van der Waals surface area (Å²) in [6.07, 6.45) is 1.38. The summed E-state index contributed by atoms with van der Waals surface area (Å²) in [7, 11) is 3.25. The third kappa shape index (κ3) is 6.01. The van der Waals surface area contributed by atoms with Crippen LogP contribution in [0.1, 0.15) is 33.8 Å². The Hall–Kier alpha value is -3.80. The van der Waals surface area contributed by atoms with E-state index in [4.69, 9.17) is 9.47 Å². The lowest BCUT2D eigenvalue weighted by Gasteiger charge is -2.37. The molecule has 182 valence electrons. The minimum atomic E-state index is -0.283. The topological polar surface area (TPSA) is 67.9 Å².